The number of hydrogen-bond donors (Lipinski definition) is 2. The molecule has 0 aliphatic heterocycles. The highest BCUT2D eigenvalue weighted by Gasteiger charge is 2.15. The summed E-state index contributed by atoms with van der Waals surface area (Å²) in [4.78, 5) is 11.0. The quantitative estimate of drug-likeness (QED) is 0.835. The van der Waals surface area contributed by atoms with E-state index < -0.39 is 5.97 Å². The number of carboxylic acid groups (broad SMARTS) is 1. The third-order valence-electron chi connectivity index (χ3n) is 2.03. The van der Waals surface area contributed by atoms with Crippen molar-refractivity contribution in [2.45, 2.75) is 0 Å². The van der Waals surface area contributed by atoms with Crippen molar-refractivity contribution in [1.29, 1.82) is 0 Å². The first-order chi connectivity index (χ1) is 7.59. The van der Waals surface area contributed by atoms with Crippen LogP contribution in [0.25, 0.3) is 5.69 Å². The standard InChI is InChI=1S/C10H8ClN3O2/c11-6-3-1-2-4-7(6)14-8(10(15)16)5-9(12)13-14/h1-5H,(H2,12,13)(H,15,16). The molecule has 2 rings (SSSR count). The number of rotatable bonds is 2. The van der Waals surface area contributed by atoms with Crippen LogP contribution < -0.4 is 5.73 Å². The number of benzene rings is 1. The normalized spacial score (nSPS) is 10.3. The second-order valence-corrected chi connectivity index (χ2v) is 3.53. The Morgan fingerprint density at radius 2 is 2.12 bits per heavy atom. The van der Waals surface area contributed by atoms with Crippen LogP contribution in [0, 0.1) is 0 Å². The SMILES string of the molecule is Nc1cc(C(=O)O)n(-c2ccccc2Cl)n1. The van der Waals surface area contributed by atoms with E-state index in [2.05, 4.69) is 5.10 Å². The highest BCUT2D eigenvalue weighted by molar-refractivity contribution is 6.32. The molecule has 0 saturated carbocycles. The summed E-state index contributed by atoms with van der Waals surface area (Å²) in [6.45, 7) is 0. The molecule has 0 saturated heterocycles. The second kappa shape index (κ2) is 3.86. The van der Waals surface area contributed by atoms with Gasteiger partial charge in [0.25, 0.3) is 0 Å². The van der Waals surface area contributed by atoms with Crippen molar-refractivity contribution in [2.24, 2.45) is 0 Å². The highest BCUT2D eigenvalue weighted by atomic mass is 35.5. The molecule has 1 aromatic heterocycles. The van der Waals surface area contributed by atoms with E-state index in [-0.39, 0.29) is 11.5 Å². The largest absolute Gasteiger partial charge is 0.477 e. The van der Waals surface area contributed by atoms with Gasteiger partial charge in [-0.25, -0.2) is 9.48 Å². The van der Waals surface area contributed by atoms with Crippen molar-refractivity contribution in [3.8, 4) is 5.69 Å². The first-order valence-electron chi connectivity index (χ1n) is 4.43. The smallest absolute Gasteiger partial charge is 0.354 e. The molecule has 0 radical (unpaired) electrons. The fraction of sp³-hybridized carbons (Fsp3) is 0. The Morgan fingerprint density at radius 1 is 1.44 bits per heavy atom. The maximum Gasteiger partial charge on any atom is 0.354 e. The number of hydrogen-bond acceptors (Lipinski definition) is 3. The van der Waals surface area contributed by atoms with Crippen molar-refractivity contribution in [3.63, 3.8) is 0 Å². The van der Waals surface area contributed by atoms with Crippen molar-refractivity contribution in [3.05, 3.63) is 41.0 Å². The molecule has 1 heterocycles. The molecule has 0 aliphatic rings. The molecule has 0 amide bonds. The lowest BCUT2D eigenvalue weighted by Gasteiger charge is -2.05. The molecule has 6 heteroatoms. The lowest BCUT2D eigenvalue weighted by molar-refractivity contribution is 0.0687. The molecule has 0 fully saturated rings. The Labute approximate surface area is 96.1 Å². The number of nitrogen functional groups attached to an aromatic ring is 1. The van der Waals surface area contributed by atoms with Crippen LogP contribution in [0.3, 0.4) is 0 Å². The van der Waals surface area contributed by atoms with E-state index in [1.807, 2.05) is 0 Å². The van der Waals surface area contributed by atoms with Crippen LogP contribution in [0.4, 0.5) is 5.82 Å². The molecule has 16 heavy (non-hydrogen) atoms. The average Bonchev–Trinajstić information content (AvgIpc) is 2.61. The average molecular weight is 238 g/mol. The molecule has 82 valence electrons. The van der Waals surface area contributed by atoms with E-state index in [0.717, 1.165) is 0 Å². The number of carbonyl (C=O) groups is 1. The number of para-hydroxylation sites is 1. The summed E-state index contributed by atoms with van der Waals surface area (Å²) in [7, 11) is 0. The third kappa shape index (κ3) is 1.72. The van der Waals surface area contributed by atoms with E-state index >= 15 is 0 Å². The van der Waals surface area contributed by atoms with Gasteiger partial charge in [-0.15, -0.1) is 5.10 Å². The Balaban J connectivity index is 2.64. The van der Waals surface area contributed by atoms with Gasteiger partial charge in [-0.05, 0) is 12.1 Å². The molecular formula is C10H8ClN3O2. The van der Waals surface area contributed by atoms with Crippen LogP contribution in [0.1, 0.15) is 10.5 Å². The van der Waals surface area contributed by atoms with Crippen LogP contribution >= 0.6 is 11.6 Å². The predicted octanol–water partition coefficient (Wildman–Crippen LogP) is 1.81. The second-order valence-electron chi connectivity index (χ2n) is 3.12. The number of aromatic nitrogens is 2. The van der Waals surface area contributed by atoms with Gasteiger partial charge in [0, 0.05) is 6.07 Å². The first kappa shape index (κ1) is 10.5. The predicted molar refractivity (Wildman–Crippen MR) is 59.9 cm³/mol. The highest BCUT2D eigenvalue weighted by Crippen LogP contribution is 2.21. The molecule has 3 N–H and O–H groups in total. The molecule has 0 aliphatic carbocycles. The van der Waals surface area contributed by atoms with Gasteiger partial charge < -0.3 is 10.8 Å². The lowest BCUT2D eigenvalue weighted by Crippen LogP contribution is -2.08. The summed E-state index contributed by atoms with van der Waals surface area (Å²) in [5, 5.41) is 13.3. The lowest BCUT2D eigenvalue weighted by atomic mass is 10.3. The van der Waals surface area contributed by atoms with Gasteiger partial charge in [0.2, 0.25) is 0 Å². The van der Waals surface area contributed by atoms with Crippen LogP contribution in [0.5, 0.6) is 0 Å². The van der Waals surface area contributed by atoms with Gasteiger partial charge in [0.05, 0.1) is 10.7 Å². The summed E-state index contributed by atoms with van der Waals surface area (Å²) in [5.41, 5.74) is 5.93. The van der Waals surface area contributed by atoms with Crippen molar-refractivity contribution < 1.29 is 9.90 Å². The zero-order valence-corrected chi connectivity index (χ0v) is 8.85. The summed E-state index contributed by atoms with van der Waals surface area (Å²) < 4.78 is 1.21. The molecule has 2 aromatic rings. The number of anilines is 1. The number of carboxylic acids is 1. The van der Waals surface area contributed by atoms with Gasteiger partial charge in [-0.3, -0.25) is 0 Å². The molecule has 5 nitrogen and oxygen atoms in total. The Hall–Kier alpha value is -2.01. The van der Waals surface area contributed by atoms with E-state index in [4.69, 9.17) is 22.4 Å². The number of nitrogens with zero attached hydrogens (tertiary/aromatic N) is 2. The summed E-state index contributed by atoms with van der Waals surface area (Å²) in [6.07, 6.45) is 0. The Bertz CT molecular complexity index is 551. The van der Waals surface area contributed by atoms with E-state index in [0.29, 0.717) is 10.7 Å². The Kier molecular flexibility index (Phi) is 2.54. The monoisotopic (exact) mass is 237 g/mol. The van der Waals surface area contributed by atoms with Crippen LogP contribution in [-0.4, -0.2) is 20.9 Å². The minimum Gasteiger partial charge on any atom is -0.477 e. The summed E-state index contributed by atoms with van der Waals surface area (Å²) in [6, 6.07) is 8.09. The van der Waals surface area contributed by atoms with Crippen molar-refractivity contribution in [2.75, 3.05) is 5.73 Å². The van der Waals surface area contributed by atoms with Crippen molar-refractivity contribution in [1.82, 2.24) is 9.78 Å². The number of halogens is 1. The minimum absolute atomic E-state index is 0.0226. The zero-order chi connectivity index (χ0) is 11.7. The maximum atomic E-state index is 11.0. The molecule has 0 atom stereocenters. The van der Waals surface area contributed by atoms with Crippen LogP contribution in [0.15, 0.2) is 30.3 Å². The fourth-order valence-corrected chi connectivity index (χ4v) is 1.57. The zero-order valence-electron chi connectivity index (χ0n) is 8.09. The van der Waals surface area contributed by atoms with Crippen LogP contribution in [0.2, 0.25) is 5.02 Å². The first-order valence-corrected chi connectivity index (χ1v) is 4.81. The molecule has 0 bridgehead atoms. The molecular weight excluding hydrogens is 230 g/mol. The maximum absolute atomic E-state index is 11.0. The third-order valence-corrected chi connectivity index (χ3v) is 2.35. The van der Waals surface area contributed by atoms with Crippen LogP contribution in [-0.2, 0) is 0 Å². The van der Waals surface area contributed by atoms with E-state index in [9.17, 15) is 4.79 Å². The van der Waals surface area contributed by atoms with E-state index in [1.54, 1.807) is 24.3 Å². The van der Waals surface area contributed by atoms with Crippen molar-refractivity contribution >= 4 is 23.4 Å². The fourth-order valence-electron chi connectivity index (χ4n) is 1.36. The summed E-state index contributed by atoms with van der Waals surface area (Å²) in [5.74, 6) is -0.971. The van der Waals surface area contributed by atoms with Gasteiger partial charge in [-0.2, -0.15) is 0 Å². The molecule has 0 spiro atoms. The number of nitrogens with two attached hydrogens (primary N) is 1. The molecule has 1 aromatic carbocycles. The van der Waals surface area contributed by atoms with Gasteiger partial charge in [0.15, 0.2) is 5.69 Å². The molecule has 0 unspecified atom stereocenters. The topological polar surface area (TPSA) is 81.1 Å². The van der Waals surface area contributed by atoms with Gasteiger partial charge >= 0.3 is 5.97 Å². The van der Waals surface area contributed by atoms with Gasteiger partial charge in [-0.1, -0.05) is 23.7 Å². The minimum atomic E-state index is -1.11. The Morgan fingerprint density at radius 3 is 2.75 bits per heavy atom. The summed E-state index contributed by atoms with van der Waals surface area (Å²) >= 11 is 5.95. The van der Waals surface area contributed by atoms with Gasteiger partial charge in [0.1, 0.15) is 5.82 Å². The van der Waals surface area contributed by atoms with E-state index in [1.165, 1.54) is 10.7 Å². The number of aromatic carboxylic acids is 1.